The maximum atomic E-state index is 12.3. The number of aromatic nitrogens is 2. The van der Waals surface area contributed by atoms with Crippen LogP contribution in [0.2, 0.25) is 0 Å². The van der Waals surface area contributed by atoms with Gasteiger partial charge >= 0.3 is 5.97 Å². The maximum absolute atomic E-state index is 12.3. The summed E-state index contributed by atoms with van der Waals surface area (Å²) < 4.78 is 7.27. The van der Waals surface area contributed by atoms with Gasteiger partial charge in [0, 0.05) is 51.1 Å². The highest BCUT2D eigenvalue weighted by Gasteiger charge is 2.17. The molecule has 0 radical (unpaired) electrons. The quantitative estimate of drug-likeness (QED) is 0.233. The first-order valence-corrected chi connectivity index (χ1v) is 13.8. The first kappa shape index (κ1) is 25.5. The van der Waals surface area contributed by atoms with Crippen LogP contribution in [0.4, 0.5) is 0 Å². The number of thioether (sulfide) groups is 1. The Kier molecular flexibility index (Phi) is 8.24. The molecule has 2 heterocycles. The van der Waals surface area contributed by atoms with Gasteiger partial charge in [-0.05, 0) is 35.0 Å². The van der Waals surface area contributed by atoms with Crippen LogP contribution in [-0.4, -0.2) is 72.2 Å². The number of fused-ring (bicyclic) bond motifs is 1. The van der Waals surface area contributed by atoms with E-state index in [0.29, 0.717) is 11.3 Å². The molecule has 0 unspecified atom stereocenters. The van der Waals surface area contributed by atoms with Crippen LogP contribution < -0.4 is 0 Å². The molecule has 0 spiro atoms. The average Bonchev–Trinajstić information content (AvgIpc) is 3.32. The Morgan fingerprint density at radius 1 is 0.946 bits per heavy atom. The number of esters is 1. The lowest BCUT2D eigenvalue weighted by atomic mass is 10.0. The zero-order valence-electron chi connectivity index (χ0n) is 21.6. The third-order valence-electron chi connectivity index (χ3n) is 7.07. The molecule has 1 aromatic heterocycles. The second kappa shape index (κ2) is 11.9. The lowest BCUT2D eigenvalue weighted by Crippen LogP contribution is -2.45. The fourth-order valence-corrected chi connectivity index (χ4v) is 5.86. The van der Waals surface area contributed by atoms with E-state index in [1.807, 2.05) is 24.3 Å². The van der Waals surface area contributed by atoms with Crippen LogP contribution in [0, 0.1) is 0 Å². The fraction of sp³-hybridized carbons (Fsp3) is 0.333. The molecule has 1 aliphatic heterocycles. The molecule has 0 atom stereocenters. The van der Waals surface area contributed by atoms with Crippen molar-refractivity contribution in [2.75, 3.05) is 46.9 Å². The summed E-state index contributed by atoms with van der Waals surface area (Å²) in [5.41, 5.74) is 3.96. The highest BCUT2D eigenvalue weighted by molar-refractivity contribution is 7.98. The lowest BCUT2D eigenvalue weighted by Gasteiger charge is -2.32. The number of carbonyl (C=O) groups is 1. The van der Waals surface area contributed by atoms with Crippen molar-refractivity contribution >= 4 is 28.5 Å². The van der Waals surface area contributed by atoms with Crippen molar-refractivity contribution in [3.63, 3.8) is 0 Å². The number of likely N-dealkylation sites (N-methyl/N-ethyl adjacent to an activating group) is 1. The minimum absolute atomic E-state index is 0.303. The molecular weight excluding hydrogens is 480 g/mol. The number of ether oxygens (including phenoxy) is 1. The van der Waals surface area contributed by atoms with Gasteiger partial charge in [-0.15, -0.1) is 0 Å². The molecule has 4 aromatic rings. The fourth-order valence-electron chi connectivity index (χ4n) is 4.86. The Labute approximate surface area is 223 Å². The minimum Gasteiger partial charge on any atom is -0.465 e. The van der Waals surface area contributed by atoms with Crippen LogP contribution in [0.25, 0.3) is 10.8 Å². The van der Waals surface area contributed by atoms with Gasteiger partial charge in [-0.1, -0.05) is 72.4 Å². The number of nitrogens with zero attached hydrogens (tertiary/aromatic N) is 4. The average molecular weight is 515 g/mol. The molecule has 0 aliphatic carbocycles. The third kappa shape index (κ3) is 6.24. The topological polar surface area (TPSA) is 50.6 Å². The summed E-state index contributed by atoms with van der Waals surface area (Å²) in [5, 5.41) is 3.49. The largest absolute Gasteiger partial charge is 0.465 e. The van der Waals surface area contributed by atoms with Gasteiger partial charge in [-0.25, -0.2) is 9.78 Å². The van der Waals surface area contributed by atoms with Crippen molar-refractivity contribution in [1.82, 2.24) is 19.4 Å². The van der Waals surface area contributed by atoms with E-state index in [1.165, 1.54) is 23.4 Å². The summed E-state index contributed by atoms with van der Waals surface area (Å²) in [6.07, 6.45) is 3.14. The van der Waals surface area contributed by atoms with Gasteiger partial charge in [0.2, 0.25) is 0 Å². The van der Waals surface area contributed by atoms with Gasteiger partial charge in [0.15, 0.2) is 5.16 Å². The first-order chi connectivity index (χ1) is 18.1. The summed E-state index contributed by atoms with van der Waals surface area (Å²) in [6.45, 7) is 6.24. The number of benzene rings is 3. The van der Waals surface area contributed by atoms with Gasteiger partial charge in [0.1, 0.15) is 0 Å². The number of piperazine rings is 1. The first-order valence-electron chi connectivity index (χ1n) is 12.8. The van der Waals surface area contributed by atoms with Gasteiger partial charge in [0.25, 0.3) is 0 Å². The normalized spacial score (nSPS) is 14.8. The summed E-state index contributed by atoms with van der Waals surface area (Å²) in [5.74, 6) is 0.346. The molecule has 0 bridgehead atoms. The highest BCUT2D eigenvalue weighted by Crippen LogP contribution is 2.27. The lowest BCUT2D eigenvalue weighted by molar-refractivity contribution is 0.0600. The Morgan fingerprint density at radius 3 is 2.51 bits per heavy atom. The van der Waals surface area contributed by atoms with Crippen molar-refractivity contribution in [3.05, 3.63) is 95.3 Å². The summed E-state index contributed by atoms with van der Waals surface area (Å²) in [7, 11) is 3.62. The number of hydrogen-bond acceptors (Lipinski definition) is 6. The maximum Gasteiger partial charge on any atom is 0.338 e. The van der Waals surface area contributed by atoms with E-state index in [0.717, 1.165) is 62.1 Å². The minimum atomic E-state index is -0.303. The molecule has 1 aliphatic rings. The predicted octanol–water partition coefficient (Wildman–Crippen LogP) is 4.95. The molecule has 7 heteroatoms. The van der Waals surface area contributed by atoms with E-state index in [9.17, 15) is 4.79 Å². The SMILES string of the molecule is COC(=O)c1ccccc1CSc1nc(CCN2CCN(C)CC2)cn1Cc1cccc2ccccc12. The van der Waals surface area contributed by atoms with Crippen LogP contribution >= 0.6 is 11.8 Å². The monoisotopic (exact) mass is 514 g/mol. The third-order valence-corrected chi connectivity index (χ3v) is 8.11. The van der Waals surface area contributed by atoms with E-state index in [2.05, 4.69) is 70.1 Å². The standard InChI is InChI=1S/C30H34N4O2S/c1-32-16-18-33(19-17-32)15-14-26-21-34(20-24-11-7-10-23-8-3-5-12-27(23)24)30(31-26)37-22-25-9-4-6-13-28(25)29(35)36-2/h3-13,21H,14-20,22H2,1-2H3. The molecule has 1 saturated heterocycles. The van der Waals surface area contributed by atoms with Crippen molar-refractivity contribution in [2.45, 2.75) is 23.9 Å². The van der Waals surface area contributed by atoms with Crippen molar-refractivity contribution in [2.24, 2.45) is 0 Å². The van der Waals surface area contributed by atoms with Crippen molar-refractivity contribution < 1.29 is 9.53 Å². The second-order valence-corrected chi connectivity index (χ2v) is 10.6. The van der Waals surface area contributed by atoms with Gasteiger partial charge in [0.05, 0.1) is 24.9 Å². The second-order valence-electron chi connectivity index (χ2n) is 9.61. The molecule has 37 heavy (non-hydrogen) atoms. The molecule has 6 nitrogen and oxygen atoms in total. The Morgan fingerprint density at radius 2 is 1.68 bits per heavy atom. The van der Waals surface area contributed by atoms with E-state index in [-0.39, 0.29) is 5.97 Å². The van der Waals surface area contributed by atoms with Crippen LogP contribution in [-0.2, 0) is 23.5 Å². The van der Waals surface area contributed by atoms with E-state index in [1.54, 1.807) is 11.8 Å². The Balaban J connectivity index is 1.38. The van der Waals surface area contributed by atoms with Gasteiger partial charge < -0.3 is 19.1 Å². The number of methoxy groups -OCH3 is 1. The molecule has 192 valence electrons. The number of hydrogen-bond donors (Lipinski definition) is 0. The van der Waals surface area contributed by atoms with Crippen LogP contribution in [0.5, 0.6) is 0 Å². The van der Waals surface area contributed by atoms with Crippen molar-refractivity contribution in [3.8, 4) is 0 Å². The summed E-state index contributed by atoms with van der Waals surface area (Å²) in [6, 6.07) is 22.7. The molecular formula is C30H34N4O2S. The smallest absolute Gasteiger partial charge is 0.338 e. The zero-order chi connectivity index (χ0) is 25.6. The summed E-state index contributed by atoms with van der Waals surface area (Å²) >= 11 is 1.67. The Bertz CT molecular complexity index is 1360. The number of rotatable bonds is 9. The van der Waals surface area contributed by atoms with E-state index in [4.69, 9.17) is 9.72 Å². The molecule has 1 fully saturated rings. The molecule has 0 amide bonds. The number of imidazole rings is 1. The summed E-state index contributed by atoms with van der Waals surface area (Å²) in [4.78, 5) is 22.3. The highest BCUT2D eigenvalue weighted by atomic mass is 32.2. The van der Waals surface area contributed by atoms with Crippen LogP contribution in [0.1, 0.15) is 27.2 Å². The van der Waals surface area contributed by atoms with Gasteiger partial charge in [-0.3, -0.25) is 0 Å². The van der Waals surface area contributed by atoms with E-state index >= 15 is 0 Å². The Hall–Kier alpha value is -3.13. The number of carbonyl (C=O) groups excluding carboxylic acids is 1. The molecule has 0 saturated carbocycles. The van der Waals surface area contributed by atoms with E-state index < -0.39 is 0 Å². The van der Waals surface area contributed by atoms with Crippen LogP contribution in [0.15, 0.2) is 78.1 Å². The predicted molar refractivity (Wildman–Crippen MR) is 150 cm³/mol. The molecule has 5 rings (SSSR count). The zero-order valence-corrected chi connectivity index (χ0v) is 22.4. The van der Waals surface area contributed by atoms with Gasteiger partial charge in [-0.2, -0.15) is 0 Å². The van der Waals surface area contributed by atoms with Crippen LogP contribution in [0.3, 0.4) is 0 Å². The van der Waals surface area contributed by atoms with Crippen molar-refractivity contribution in [1.29, 1.82) is 0 Å². The molecule has 3 aromatic carbocycles. The molecule has 0 N–H and O–H groups in total.